The molecule has 0 aliphatic heterocycles. The molecule has 2 aromatic heterocycles. The first kappa shape index (κ1) is 19.3. The van der Waals surface area contributed by atoms with Crippen LogP contribution in [0.4, 0.5) is 0 Å². The van der Waals surface area contributed by atoms with Crippen LogP contribution >= 0.6 is 0 Å². The molecule has 0 unspecified atom stereocenters. The molecule has 0 spiro atoms. The molecular formula is C19H20N4O5. The van der Waals surface area contributed by atoms with Crippen molar-refractivity contribution in [1.82, 2.24) is 19.8 Å². The van der Waals surface area contributed by atoms with Gasteiger partial charge in [-0.15, -0.1) is 10.2 Å². The molecule has 9 nitrogen and oxygen atoms in total. The molecule has 2 heterocycles. The molecule has 0 aliphatic rings. The first-order chi connectivity index (χ1) is 13.5. The summed E-state index contributed by atoms with van der Waals surface area (Å²) in [6.07, 6.45) is 0.394. The van der Waals surface area contributed by atoms with Crippen molar-refractivity contribution in [2.75, 3.05) is 21.3 Å². The maximum Gasteiger partial charge on any atom is 0.360 e. The minimum atomic E-state index is -0.708. The van der Waals surface area contributed by atoms with E-state index in [9.17, 15) is 9.59 Å². The number of aryl methyl sites for hydroxylation is 1. The highest BCUT2D eigenvalue weighted by Crippen LogP contribution is 2.35. The fourth-order valence-corrected chi connectivity index (χ4v) is 2.99. The van der Waals surface area contributed by atoms with Gasteiger partial charge in [0.05, 0.1) is 44.7 Å². The van der Waals surface area contributed by atoms with E-state index >= 15 is 0 Å². The molecule has 3 aromatic rings. The molecule has 0 N–H and O–H groups in total. The van der Waals surface area contributed by atoms with E-state index in [4.69, 9.17) is 14.2 Å². The third-order valence-electron chi connectivity index (χ3n) is 4.34. The second-order valence-corrected chi connectivity index (χ2v) is 5.85. The number of para-hydroxylation sites is 1. The number of esters is 2. The van der Waals surface area contributed by atoms with Crippen LogP contribution in [0, 0.1) is 0 Å². The predicted molar refractivity (Wildman–Crippen MR) is 99.2 cm³/mol. The van der Waals surface area contributed by atoms with Crippen LogP contribution in [-0.4, -0.2) is 53.1 Å². The number of rotatable bonds is 6. The summed E-state index contributed by atoms with van der Waals surface area (Å²) in [4.78, 5) is 24.1. The van der Waals surface area contributed by atoms with Crippen molar-refractivity contribution in [3.05, 3.63) is 41.3 Å². The summed E-state index contributed by atoms with van der Waals surface area (Å²) in [6, 6.07) is 7.48. The van der Waals surface area contributed by atoms with Crippen molar-refractivity contribution in [2.24, 2.45) is 0 Å². The predicted octanol–water partition coefficient (Wildman–Crippen LogP) is 1.86. The highest BCUT2D eigenvalue weighted by molar-refractivity contribution is 5.91. The van der Waals surface area contributed by atoms with Gasteiger partial charge in [0.2, 0.25) is 0 Å². The van der Waals surface area contributed by atoms with Crippen molar-refractivity contribution in [3.63, 3.8) is 0 Å². The van der Waals surface area contributed by atoms with E-state index in [1.54, 1.807) is 7.11 Å². The van der Waals surface area contributed by atoms with Crippen LogP contribution in [0.3, 0.4) is 0 Å². The third-order valence-corrected chi connectivity index (χ3v) is 4.34. The largest absolute Gasteiger partial charge is 0.496 e. The Hall–Kier alpha value is -3.49. The van der Waals surface area contributed by atoms with Crippen LogP contribution < -0.4 is 4.74 Å². The molecule has 0 bridgehead atoms. The van der Waals surface area contributed by atoms with Crippen LogP contribution in [0.2, 0.25) is 0 Å². The lowest BCUT2D eigenvalue weighted by molar-refractivity contribution is -0.139. The molecule has 146 valence electrons. The molecule has 0 aliphatic carbocycles. The molecular weight excluding hydrogens is 364 g/mol. The van der Waals surface area contributed by atoms with Gasteiger partial charge in [0.15, 0.2) is 11.3 Å². The Bertz CT molecular complexity index is 1040. The monoisotopic (exact) mass is 384 g/mol. The van der Waals surface area contributed by atoms with E-state index in [1.165, 1.54) is 18.7 Å². The van der Waals surface area contributed by atoms with Gasteiger partial charge in [-0.05, 0) is 12.5 Å². The normalized spacial score (nSPS) is 10.7. The van der Waals surface area contributed by atoms with Crippen molar-refractivity contribution < 1.29 is 23.8 Å². The van der Waals surface area contributed by atoms with Gasteiger partial charge in [0.1, 0.15) is 5.75 Å². The van der Waals surface area contributed by atoms with E-state index in [-0.39, 0.29) is 17.8 Å². The number of fused-ring (bicyclic) bond motifs is 1. The van der Waals surface area contributed by atoms with Crippen molar-refractivity contribution >= 4 is 17.6 Å². The van der Waals surface area contributed by atoms with Gasteiger partial charge in [0, 0.05) is 5.56 Å². The standard InChI is InChI=1S/C19H20N4O5/c1-5-12-16(11-8-6-7-9-14(11)26-2)18-21-20-17(19(25)28-4)13(23(18)22-12)10-15(24)27-3/h6-9H,5,10H2,1-4H3. The van der Waals surface area contributed by atoms with Gasteiger partial charge in [-0.3, -0.25) is 4.79 Å². The zero-order valence-electron chi connectivity index (χ0n) is 16.1. The van der Waals surface area contributed by atoms with Crippen molar-refractivity contribution in [1.29, 1.82) is 0 Å². The molecule has 1 aromatic carbocycles. The average molecular weight is 384 g/mol. The summed E-state index contributed by atoms with van der Waals surface area (Å²) in [7, 11) is 4.09. The van der Waals surface area contributed by atoms with E-state index in [0.717, 1.165) is 16.8 Å². The maximum atomic E-state index is 12.1. The second-order valence-electron chi connectivity index (χ2n) is 5.85. The molecule has 0 fully saturated rings. The van der Waals surface area contributed by atoms with Crippen LogP contribution in [0.5, 0.6) is 5.75 Å². The fraction of sp³-hybridized carbons (Fsp3) is 0.316. The van der Waals surface area contributed by atoms with Gasteiger partial charge < -0.3 is 14.2 Å². The van der Waals surface area contributed by atoms with Gasteiger partial charge in [-0.25, -0.2) is 9.31 Å². The fourth-order valence-electron chi connectivity index (χ4n) is 2.99. The third kappa shape index (κ3) is 3.26. The van der Waals surface area contributed by atoms with E-state index in [1.807, 2.05) is 31.2 Å². The Morgan fingerprint density at radius 3 is 2.46 bits per heavy atom. The Morgan fingerprint density at radius 2 is 1.82 bits per heavy atom. The SMILES string of the molecule is CCc1nn2c(CC(=O)OC)c(C(=O)OC)nnc2c1-c1ccccc1OC. The van der Waals surface area contributed by atoms with Crippen molar-refractivity contribution in [3.8, 4) is 16.9 Å². The van der Waals surface area contributed by atoms with Gasteiger partial charge >= 0.3 is 11.9 Å². The number of nitrogens with zero attached hydrogens (tertiary/aromatic N) is 4. The van der Waals surface area contributed by atoms with E-state index in [0.29, 0.717) is 17.8 Å². The van der Waals surface area contributed by atoms with Crippen LogP contribution in [0.15, 0.2) is 24.3 Å². The summed E-state index contributed by atoms with van der Waals surface area (Å²) in [6.45, 7) is 1.95. The molecule has 0 saturated carbocycles. The molecule has 28 heavy (non-hydrogen) atoms. The van der Waals surface area contributed by atoms with Crippen LogP contribution in [-0.2, 0) is 27.1 Å². The second kappa shape index (κ2) is 8.03. The summed E-state index contributed by atoms with van der Waals surface area (Å²) in [5.41, 5.74) is 2.83. The summed E-state index contributed by atoms with van der Waals surface area (Å²) < 4.78 is 16.5. The van der Waals surface area contributed by atoms with E-state index in [2.05, 4.69) is 15.3 Å². The topological polar surface area (TPSA) is 105 Å². The van der Waals surface area contributed by atoms with E-state index < -0.39 is 11.9 Å². The lowest BCUT2D eigenvalue weighted by Crippen LogP contribution is -2.19. The molecule has 9 heteroatoms. The van der Waals surface area contributed by atoms with Gasteiger partial charge in [-0.1, -0.05) is 25.1 Å². The Morgan fingerprint density at radius 1 is 1.07 bits per heavy atom. The first-order valence-corrected chi connectivity index (χ1v) is 8.61. The number of ether oxygens (including phenoxy) is 3. The lowest BCUT2D eigenvalue weighted by atomic mass is 10.0. The highest BCUT2D eigenvalue weighted by atomic mass is 16.5. The zero-order chi connectivity index (χ0) is 20.3. The summed E-state index contributed by atoms with van der Waals surface area (Å²) in [5, 5.41) is 12.8. The maximum absolute atomic E-state index is 12.1. The molecule has 0 saturated heterocycles. The number of hydrogen-bond acceptors (Lipinski definition) is 8. The summed E-state index contributed by atoms with van der Waals surface area (Å²) >= 11 is 0. The minimum Gasteiger partial charge on any atom is -0.496 e. The van der Waals surface area contributed by atoms with Crippen LogP contribution in [0.25, 0.3) is 16.8 Å². The van der Waals surface area contributed by atoms with Gasteiger partial charge in [0.25, 0.3) is 0 Å². The minimum absolute atomic E-state index is 0.0860. The number of benzene rings is 1. The zero-order valence-corrected chi connectivity index (χ0v) is 16.1. The Kier molecular flexibility index (Phi) is 5.53. The quantitative estimate of drug-likeness (QED) is 0.593. The number of aromatic nitrogens is 4. The summed E-state index contributed by atoms with van der Waals surface area (Å²) in [5.74, 6) is -0.590. The Labute approximate surface area is 161 Å². The number of methoxy groups -OCH3 is 3. The highest BCUT2D eigenvalue weighted by Gasteiger charge is 2.26. The van der Waals surface area contributed by atoms with Crippen molar-refractivity contribution in [2.45, 2.75) is 19.8 Å². The van der Waals surface area contributed by atoms with Crippen LogP contribution in [0.1, 0.15) is 28.8 Å². The molecule has 0 atom stereocenters. The Balaban J connectivity index is 2.34. The number of carbonyl (C=O) groups is 2. The average Bonchev–Trinajstić information content (AvgIpc) is 3.12. The molecule has 0 radical (unpaired) electrons. The molecule has 3 rings (SSSR count). The number of hydrogen-bond donors (Lipinski definition) is 0. The lowest BCUT2D eigenvalue weighted by Gasteiger charge is -2.09. The first-order valence-electron chi connectivity index (χ1n) is 8.61. The number of carbonyl (C=O) groups excluding carboxylic acids is 2. The molecule has 0 amide bonds. The van der Waals surface area contributed by atoms with Gasteiger partial charge in [-0.2, -0.15) is 5.10 Å². The smallest absolute Gasteiger partial charge is 0.360 e.